The molecule has 6 nitrogen and oxygen atoms in total. The SMILES string of the molecule is COc1ccc(C(CNC(=O)c2ccc(CSCC(=O)Nc3ccc(F)cc3)cc2)N(C)C)cc1. The molecule has 0 fully saturated rings. The second-order valence-corrected chi connectivity index (χ2v) is 9.19. The molecule has 0 saturated carbocycles. The Kier molecular flexibility index (Phi) is 9.69. The standard InChI is InChI=1S/C27H30FN3O3S/c1-31(2)25(20-8-14-24(34-3)15-9-20)16-29-27(33)21-6-4-19(5-7-21)17-35-18-26(32)30-23-12-10-22(28)11-13-23/h4-15,25H,16-18H2,1-3H3,(H,29,33)(H,30,32). The maximum Gasteiger partial charge on any atom is 0.251 e. The Hall–Kier alpha value is -3.36. The van der Waals surface area contributed by atoms with Crippen LogP contribution in [0.1, 0.15) is 27.5 Å². The molecule has 1 unspecified atom stereocenters. The molecule has 3 rings (SSSR count). The molecule has 1 atom stereocenters. The third-order valence-electron chi connectivity index (χ3n) is 5.43. The van der Waals surface area contributed by atoms with E-state index >= 15 is 0 Å². The lowest BCUT2D eigenvalue weighted by Crippen LogP contribution is -2.34. The molecule has 0 aliphatic carbocycles. The number of hydrogen-bond donors (Lipinski definition) is 2. The van der Waals surface area contributed by atoms with Crippen LogP contribution in [0.25, 0.3) is 0 Å². The van der Waals surface area contributed by atoms with Crippen LogP contribution in [-0.4, -0.2) is 50.2 Å². The number of carbonyl (C=O) groups is 2. The van der Waals surface area contributed by atoms with Crippen molar-refractivity contribution in [2.24, 2.45) is 0 Å². The summed E-state index contributed by atoms with van der Waals surface area (Å²) in [6.07, 6.45) is 0. The molecule has 35 heavy (non-hydrogen) atoms. The van der Waals surface area contributed by atoms with Gasteiger partial charge in [0.05, 0.1) is 18.9 Å². The summed E-state index contributed by atoms with van der Waals surface area (Å²) in [6, 6.07) is 20.9. The van der Waals surface area contributed by atoms with Crippen molar-refractivity contribution >= 4 is 29.3 Å². The maximum absolute atomic E-state index is 12.9. The van der Waals surface area contributed by atoms with E-state index in [1.54, 1.807) is 19.2 Å². The fourth-order valence-corrected chi connectivity index (χ4v) is 4.25. The molecule has 0 bridgehead atoms. The number of carbonyl (C=O) groups excluding carboxylic acids is 2. The Morgan fingerprint density at radius 3 is 2.23 bits per heavy atom. The Morgan fingerprint density at radius 2 is 1.63 bits per heavy atom. The van der Waals surface area contributed by atoms with Gasteiger partial charge in [-0.2, -0.15) is 0 Å². The van der Waals surface area contributed by atoms with Crippen molar-refractivity contribution in [2.45, 2.75) is 11.8 Å². The highest BCUT2D eigenvalue weighted by molar-refractivity contribution is 7.99. The van der Waals surface area contributed by atoms with Crippen LogP contribution in [0.3, 0.4) is 0 Å². The van der Waals surface area contributed by atoms with Crippen LogP contribution >= 0.6 is 11.8 Å². The summed E-state index contributed by atoms with van der Waals surface area (Å²) in [4.78, 5) is 26.8. The van der Waals surface area contributed by atoms with Gasteiger partial charge in [0.15, 0.2) is 0 Å². The minimum Gasteiger partial charge on any atom is -0.497 e. The lowest BCUT2D eigenvalue weighted by molar-refractivity contribution is -0.113. The van der Waals surface area contributed by atoms with Gasteiger partial charge in [-0.25, -0.2) is 4.39 Å². The van der Waals surface area contributed by atoms with E-state index in [1.165, 1.54) is 36.0 Å². The molecular weight excluding hydrogens is 465 g/mol. The van der Waals surface area contributed by atoms with Gasteiger partial charge in [-0.1, -0.05) is 24.3 Å². The van der Waals surface area contributed by atoms with Crippen LogP contribution in [0.15, 0.2) is 72.8 Å². The molecule has 0 radical (unpaired) electrons. The van der Waals surface area contributed by atoms with Gasteiger partial charge in [0, 0.05) is 23.5 Å². The molecule has 0 saturated heterocycles. The molecule has 184 valence electrons. The summed E-state index contributed by atoms with van der Waals surface area (Å²) in [5.74, 6) is 1.08. The number of thioether (sulfide) groups is 1. The highest BCUT2D eigenvalue weighted by Gasteiger charge is 2.16. The van der Waals surface area contributed by atoms with Crippen molar-refractivity contribution in [3.63, 3.8) is 0 Å². The average Bonchev–Trinajstić information content (AvgIpc) is 2.86. The van der Waals surface area contributed by atoms with Crippen LogP contribution in [0.4, 0.5) is 10.1 Å². The first-order valence-corrected chi connectivity index (χ1v) is 12.3. The van der Waals surface area contributed by atoms with Gasteiger partial charge in [-0.3, -0.25) is 9.59 Å². The van der Waals surface area contributed by atoms with Crippen LogP contribution < -0.4 is 15.4 Å². The molecule has 0 aliphatic rings. The largest absolute Gasteiger partial charge is 0.497 e. The molecule has 0 spiro atoms. The van der Waals surface area contributed by atoms with Gasteiger partial charge in [0.2, 0.25) is 5.91 Å². The fourth-order valence-electron chi connectivity index (χ4n) is 3.46. The number of halogens is 1. The Morgan fingerprint density at radius 1 is 0.971 bits per heavy atom. The van der Waals surface area contributed by atoms with E-state index < -0.39 is 0 Å². The Labute approximate surface area is 209 Å². The third kappa shape index (κ3) is 8.12. The van der Waals surface area contributed by atoms with Crippen molar-refractivity contribution in [3.8, 4) is 5.75 Å². The number of rotatable bonds is 11. The van der Waals surface area contributed by atoms with E-state index in [0.717, 1.165) is 16.9 Å². The summed E-state index contributed by atoms with van der Waals surface area (Å²) in [6.45, 7) is 0.471. The Bertz CT molecular complexity index is 1100. The highest BCUT2D eigenvalue weighted by atomic mass is 32.2. The number of ether oxygens (including phenoxy) is 1. The minimum atomic E-state index is -0.343. The average molecular weight is 496 g/mol. The summed E-state index contributed by atoms with van der Waals surface area (Å²) < 4.78 is 18.2. The quantitative estimate of drug-likeness (QED) is 0.402. The lowest BCUT2D eigenvalue weighted by atomic mass is 10.1. The first-order valence-electron chi connectivity index (χ1n) is 11.2. The third-order valence-corrected chi connectivity index (χ3v) is 6.43. The first kappa shape index (κ1) is 26.2. The molecule has 0 aliphatic heterocycles. The number of methoxy groups -OCH3 is 1. The summed E-state index contributed by atoms with van der Waals surface area (Å²) in [5, 5.41) is 5.76. The number of anilines is 1. The van der Waals surface area contributed by atoms with Crippen molar-refractivity contribution < 1.29 is 18.7 Å². The minimum absolute atomic E-state index is 0.0292. The van der Waals surface area contributed by atoms with Gasteiger partial charge >= 0.3 is 0 Å². The molecular formula is C27H30FN3O3S. The summed E-state index contributed by atoms with van der Waals surface area (Å²) in [5.41, 5.74) is 3.26. The highest BCUT2D eigenvalue weighted by Crippen LogP contribution is 2.21. The molecule has 0 heterocycles. The van der Waals surface area contributed by atoms with Gasteiger partial charge in [-0.15, -0.1) is 11.8 Å². The zero-order valence-electron chi connectivity index (χ0n) is 20.1. The topological polar surface area (TPSA) is 70.7 Å². The van der Waals surface area contributed by atoms with Crippen molar-refractivity contribution in [2.75, 3.05) is 38.8 Å². The fraction of sp³-hybridized carbons (Fsp3) is 0.259. The van der Waals surface area contributed by atoms with Gasteiger partial charge in [0.1, 0.15) is 11.6 Å². The number of nitrogens with zero attached hydrogens (tertiary/aromatic N) is 1. The zero-order valence-corrected chi connectivity index (χ0v) is 20.9. The molecule has 3 aromatic carbocycles. The van der Waals surface area contributed by atoms with E-state index in [2.05, 4.69) is 15.5 Å². The molecule has 8 heteroatoms. The number of nitrogens with one attached hydrogen (secondary N) is 2. The van der Waals surface area contributed by atoms with Crippen molar-refractivity contribution in [1.82, 2.24) is 10.2 Å². The zero-order chi connectivity index (χ0) is 25.2. The predicted molar refractivity (Wildman–Crippen MR) is 139 cm³/mol. The number of likely N-dealkylation sites (N-methyl/N-ethyl adjacent to an activating group) is 1. The van der Waals surface area contributed by atoms with Gasteiger partial charge in [0.25, 0.3) is 5.91 Å². The summed E-state index contributed by atoms with van der Waals surface area (Å²) in [7, 11) is 5.59. The van der Waals surface area contributed by atoms with Crippen molar-refractivity contribution in [3.05, 3.63) is 95.3 Å². The van der Waals surface area contributed by atoms with E-state index in [9.17, 15) is 14.0 Å². The van der Waals surface area contributed by atoms with Gasteiger partial charge in [-0.05, 0) is 73.8 Å². The van der Waals surface area contributed by atoms with Crippen LogP contribution in [0.2, 0.25) is 0 Å². The van der Waals surface area contributed by atoms with E-state index in [0.29, 0.717) is 23.5 Å². The second-order valence-electron chi connectivity index (χ2n) is 8.21. The normalized spacial score (nSPS) is 11.7. The maximum atomic E-state index is 12.9. The number of benzene rings is 3. The lowest BCUT2D eigenvalue weighted by Gasteiger charge is -2.25. The number of amides is 2. The van der Waals surface area contributed by atoms with Crippen LogP contribution in [0.5, 0.6) is 5.75 Å². The Balaban J connectivity index is 1.46. The second kappa shape index (κ2) is 12.9. The van der Waals surface area contributed by atoms with Crippen molar-refractivity contribution in [1.29, 1.82) is 0 Å². The van der Waals surface area contributed by atoms with Crippen LogP contribution in [0, 0.1) is 5.82 Å². The van der Waals surface area contributed by atoms with E-state index in [1.807, 2.05) is 50.5 Å². The number of hydrogen-bond acceptors (Lipinski definition) is 5. The molecule has 0 aromatic heterocycles. The smallest absolute Gasteiger partial charge is 0.251 e. The van der Waals surface area contributed by atoms with E-state index in [-0.39, 0.29) is 29.4 Å². The molecule has 2 N–H and O–H groups in total. The predicted octanol–water partition coefficient (Wildman–Crippen LogP) is 4.74. The monoisotopic (exact) mass is 495 g/mol. The molecule has 3 aromatic rings. The molecule has 2 amide bonds. The summed E-state index contributed by atoms with van der Waals surface area (Å²) >= 11 is 1.47. The van der Waals surface area contributed by atoms with E-state index in [4.69, 9.17) is 4.74 Å². The van der Waals surface area contributed by atoms with Gasteiger partial charge < -0.3 is 20.3 Å². The first-order chi connectivity index (χ1) is 16.9. The van der Waals surface area contributed by atoms with Crippen LogP contribution in [-0.2, 0) is 10.5 Å².